The van der Waals surface area contributed by atoms with Gasteiger partial charge in [-0.3, -0.25) is 0 Å². The van der Waals surface area contributed by atoms with Gasteiger partial charge in [0.25, 0.3) is 0 Å². The van der Waals surface area contributed by atoms with Gasteiger partial charge in [-0.25, -0.2) is 4.79 Å². The molecule has 4 fully saturated rings. The van der Waals surface area contributed by atoms with E-state index in [1.807, 2.05) is 0 Å². The highest BCUT2D eigenvalue weighted by Crippen LogP contribution is 2.57. The van der Waals surface area contributed by atoms with Crippen LogP contribution >= 0.6 is 0 Å². The molecule has 9 rings (SSSR count). The summed E-state index contributed by atoms with van der Waals surface area (Å²) in [4.78, 5) is 12.3. The highest BCUT2D eigenvalue weighted by Gasteiger charge is 2.55. The fourth-order valence-corrected chi connectivity index (χ4v) is 8.62. The molecule has 0 atom stereocenters. The number of rotatable bonds is 5. The van der Waals surface area contributed by atoms with E-state index in [-0.39, 0.29) is 18.2 Å². The second-order valence-electron chi connectivity index (χ2n) is 13.9. The maximum absolute atomic E-state index is 12.3. The first-order chi connectivity index (χ1) is 20.2. The molecule has 0 saturated heterocycles. The average Bonchev–Trinajstić information content (AvgIpc) is 2.96. The SMILES string of the molecule is C=C(C)C(=O)OC1C2CC3CC1CC(C2)C3OC(C)(C)c1ccc2cc3cc4cc5ccccc5cc4cc3cc2c1. The number of carbonyl (C=O) groups is 1. The van der Waals surface area contributed by atoms with Crippen LogP contribution in [0.25, 0.3) is 43.1 Å². The maximum atomic E-state index is 12.3. The molecule has 4 aliphatic rings. The fourth-order valence-electron chi connectivity index (χ4n) is 8.62. The lowest BCUT2D eigenvalue weighted by atomic mass is 9.53. The monoisotopic (exact) mass is 554 g/mol. The van der Waals surface area contributed by atoms with Gasteiger partial charge in [-0.2, -0.15) is 0 Å². The van der Waals surface area contributed by atoms with Gasteiger partial charge in [0, 0.05) is 5.57 Å². The van der Waals surface area contributed by atoms with Crippen LogP contribution in [0.1, 0.15) is 52.0 Å². The van der Waals surface area contributed by atoms with Crippen LogP contribution in [0, 0.1) is 23.7 Å². The van der Waals surface area contributed by atoms with Crippen molar-refractivity contribution >= 4 is 49.1 Å². The third kappa shape index (κ3) is 4.24. The average molecular weight is 555 g/mol. The van der Waals surface area contributed by atoms with Gasteiger partial charge in [-0.15, -0.1) is 0 Å². The number of hydrogen-bond acceptors (Lipinski definition) is 3. The molecule has 42 heavy (non-hydrogen) atoms. The van der Waals surface area contributed by atoms with Crippen molar-refractivity contribution in [3.05, 3.63) is 96.6 Å². The minimum Gasteiger partial charge on any atom is -0.458 e. The summed E-state index contributed by atoms with van der Waals surface area (Å²) in [6, 6.07) is 29.4. The molecule has 3 heteroatoms. The Morgan fingerprint density at radius 1 is 0.643 bits per heavy atom. The van der Waals surface area contributed by atoms with E-state index in [4.69, 9.17) is 9.47 Å². The molecule has 4 saturated carbocycles. The summed E-state index contributed by atoms with van der Waals surface area (Å²) in [5.74, 6) is 1.77. The van der Waals surface area contributed by atoms with Gasteiger partial charge in [0.2, 0.25) is 0 Å². The molecule has 4 aliphatic carbocycles. The Morgan fingerprint density at radius 3 is 1.57 bits per heavy atom. The van der Waals surface area contributed by atoms with Gasteiger partial charge in [0.1, 0.15) is 6.10 Å². The molecule has 4 bridgehead atoms. The van der Waals surface area contributed by atoms with E-state index in [0.717, 1.165) is 25.7 Å². The van der Waals surface area contributed by atoms with Crippen molar-refractivity contribution in [3.8, 4) is 0 Å². The normalized spacial score (nSPS) is 26.8. The Kier molecular flexibility index (Phi) is 5.82. The smallest absolute Gasteiger partial charge is 0.333 e. The summed E-state index contributed by atoms with van der Waals surface area (Å²) in [7, 11) is 0. The molecule has 0 heterocycles. The van der Waals surface area contributed by atoms with Crippen molar-refractivity contribution in [1.82, 2.24) is 0 Å². The van der Waals surface area contributed by atoms with Gasteiger partial charge in [-0.05, 0) is 161 Å². The standard InChI is InChI=1S/C39H38O3/c1-22(2)38(40)41-36-31-17-33-19-32(36)20-34(18-31)37(33)42-39(3,4)35-10-9-25-13-28-14-26-11-23-7-5-6-8-24(23)12-27(26)15-29(28)16-30(25)21-35/h5-16,21,31-34,36-37H,1,17-20H2,2-4H3. The van der Waals surface area contributed by atoms with Crippen molar-refractivity contribution in [2.75, 3.05) is 0 Å². The van der Waals surface area contributed by atoms with E-state index in [2.05, 4.69) is 99.3 Å². The van der Waals surface area contributed by atoms with Gasteiger partial charge < -0.3 is 9.47 Å². The van der Waals surface area contributed by atoms with Crippen LogP contribution in [0.2, 0.25) is 0 Å². The lowest BCUT2D eigenvalue weighted by molar-refractivity contribution is -0.214. The molecule has 0 aromatic heterocycles. The van der Waals surface area contributed by atoms with Crippen LogP contribution in [0.4, 0.5) is 0 Å². The summed E-state index contributed by atoms with van der Waals surface area (Å²) in [6.45, 7) is 9.98. The quantitative estimate of drug-likeness (QED) is 0.123. The predicted molar refractivity (Wildman–Crippen MR) is 171 cm³/mol. The summed E-state index contributed by atoms with van der Waals surface area (Å²) in [6.07, 6.45) is 4.69. The topological polar surface area (TPSA) is 35.5 Å². The highest BCUT2D eigenvalue weighted by atomic mass is 16.5. The number of ether oxygens (including phenoxy) is 2. The highest BCUT2D eigenvalue weighted by molar-refractivity contribution is 6.08. The lowest BCUT2D eigenvalue weighted by Gasteiger charge is -2.57. The zero-order valence-electron chi connectivity index (χ0n) is 24.7. The Balaban J connectivity index is 1.06. The number of carbonyl (C=O) groups excluding carboxylic acids is 1. The van der Waals surface area contributed by atoms with E-state index < -0.39 is 5.60 Å². The molecular weight excluding hydrogens is 516 g/mol. The first-order valence-electron chi connectivity index (χ1n) is 15.6. The molecule has 212 valence electrons. The summed E-state index contributed by atoms with van der Waals surface area (Å²) in [5.41, 5.74) is 1.33. The number of esters is 1. The van der Waals surface area contributed by atoms with Crippen molar-refractivity contribution in [1.29, 1.82) is 0 Å². The molecule has 0 N–H and O–H groups in total. The zero-order chi connectivity index (χ0) is 28.7. The minimum atomic E-state index is -0.392. The molecule has 0 aliphatic heterocycles. The molecule has 0 spiro atoms. The number of benzene rings is 5. The van der Waals surface area contributed by atoms with Gasteiger partial charge in [0.05, 0.1) is 11.7 Å². The largest absolute Gasteiger partial charge is 0.458 e. The summed E-state index contributed by atoms with van der Waals surface area (Å²) >= 11 is 0. The van der Waals surface area contributed by atoms with Crippen LogP contribution in [0.15, 0.2) is 91.0 Å². The molecule has 0 unspecified atom stereocenters. The van der Waals surface area contributed by atoms with E-state index in [9.17, 15) is 4.79 Å². The Hall–Kier alpha value is -3.69. The molecule has 0 amide bonds. The van der Waals surface area contributed by atoms with Crippen LogP contribution < -0.4 is 0 Å². The van der Waals surface area contributed by atoms with Crippen molar-refractivity contribution in [2.24, 2.45) is 23.7 Å². The summed E-state index contributed by atoms with van der Waals surface area (Å²) < 4.78 is 13.0. The second kappa shape index (κ2) is 9.41. The van der Waals surface area contributed by atoms with Crippen LogP contribution in [-0.2, 0) is 19.9 Å². The van der Waals surface area contributed by atoms with Crippen molar-refractivity contribution in [2.45, 2.75) is 64.3 Å². The van der Waals surface area contributed by atoms with Crippen LogP contribution in [0.3, 0.4) is 0 Å². The number of hydrogen-bond donors (Lipinski definition) is 0. The Labute approximate surface area is 247 Å². The zero-order valence-corrected chi connectivity index (χ0v) is 24.7. The lowest BCUT2D eigenvalue weighted by Crippen LogP contribution is -2.57. The third-order valence-corrected chi connectivity index (χ3v) is 10.6. The summed E-state index contributed by atoms with van der Waals surface area (Å²) in [5, 5.41) is 10.2. The Morgan fingerprint density at radius 2 is 1.07 bits per heavy atom. The number of fused-ring (bicyclic) bond motifs is 4. The van der Waals surface area contributed by atoms with E-state index >= 15 is 0 Å². The molecule has 0 radical (unpaired) electrons. The van der Waals surface area contributed by atoms with E-state index in [0.29, 0.717) is 29.2 Å². The van der Waals surface area contributed by atoms with Crippen LogP contribution in [0.5, 0.6) is 0 Å². The molecular formula is C39H38O3. The molecule has 5 aromatic rings. The van der Waals surface area contributed by atoms with Gasteiger partial charge in [0.15, 0.2) is 0 Å². The third-order valence-electron chi connectivity index (χ3n) is 10.6. The fraction of sp³-hybridized carbons (Fsp3) is 0.359. The van der Waals surface area contributed by atoms with Crippen LogP contribution in [-0.4, -0.2) is 18.2 Å². The first-order valence-corrected chi connectivity index (χ1v) is 15.6. The first kappa shape index (κ1) is 26.0. The van der Waals surface area contributed by atoms with E-state index in [1.54, 1.807) is 6.92 Å². The van der Waals surface area contributed by atoms with Crippen molar-refractivity contribution < 1.29 is 14.3 Å². The van der Waals surface area contributed by atoms with Gasteiger partial charge >= 0.3 is 5.97 Å². The Bertz CT molecular complexity index is 1880. The molecule has 3 nitrogen and oxygen atoms in total. The molecule has 5 aromatic carbocycles. The predicted octanol–water partition coefficient (Wildman–Crippen LogP) is 9.47. The maximum Gasteiger partial charge on any atom is 0.333 e. The van der Waals surface area contributed by atoms with Gasteiger partial charge in [-0.1, -0.05) is 43.0 Å². The minimum absolute atomic E-state index is 0.0572. The second-order valence-corrected chi connectivity index (χ2v) is 13.9. The van der Waals surface area contributed by atoms with E-state index in [1.165, 1.54) is 48.7 Å². The van der Waals surface area contributed by atoms with Crippen molar-refractivity contribution in [3.63, 3.8) is 0 Å².